The van der Waals surface area contributed by atoms with Crippen molar-refractivity contribution in [2.45, 2.75) is 37.8 Å². The summed E-state index contributed by atoms with van der Waals surface area (Å²) in [6.07, 6.45) is 3.60. The molecule has 1 unspecified atom stereocenters. The van der Waals surface area contributed by atoms with Gasteiger partial charge in [-0.05, 0) is 19.3 Å². The van der Waals surface area contributed by atoms with Crippen molar-refractivity contribution in [1.29, 1.82) is 0 Å². The molecule has 0 aliphatic heterocycles. The Morgan fingerprint density at radius 2 is 2.22 bits per heavy atom. The van der Waals surface area contributed by atoms with Crippen LogP contribution in [0.1, 0.15) is 26.2 Å². The molecule has 0 aromatic carbocycles. The van der Waals surface area contributed by atoms with E-state index >= 15 is 0 Å². The summed E-state index contributed by atoms with van der Waals surface area (Å²) in [5, 5.41) is 0. The molecule has 1 atom stereocenters. The van der Waals surface area contributed by atoms with Crippen LogP contribution in [-0.4, -0.2) is 18.8 Å². The van der Waals surface area contributed by atoms with Crippen LogP contribution in [0.2, 0.25) is 0 Å². The molecule has 1 rings (SSSR count). The number of methoxy groups -OCH3 is 1. The van der Waals surface area contributed by atoms with Gasteiger partial charge in [0, 0.05) is 12.6 Å². The number of hydrogen-bond donors (Lipinski definition) is 1. The van der Waals surface area contributed by atoms with Crippen LogP contribution in [0.15, 0.2) is 0 Å². The van der Waals surface area contributed by atoms with Crippen LogP contribution in [0.3, 0.4) is 0 Å². The highest BCUT2D eigenvalue weighted by Crippen LogP contribution is 2.38. The number of ether oxygens (including phenoxy) is 1. The highest BCUT2D eigenvalue weighted by atomic mass is 16.5. The summed E-state index contributed by atoms with van der Waals surface area (Å²) in [5.41, 5.74) is 5.93. The second-order valence-electron chi connectivity index (χ2n) is 2.87. The van der Waals surface area contributed by atoms with Gasteiger partial charge in [0.05, 0.1) is 6.10 Å². The van der Waals surface area contributed by atoms with Crippen LogP contribution in [-0.2, 0) is 4.74 Å². The minimum absolute atomic E-state index is 0.0451. The zero-order chi connectivity index (χ0) is 6.91. The summed E-state index contributed by atoms with van der Waals surface area (Å²) in [5.74, 6) is 0. The molecule has 0 spiro atoms. The average molecular weight is 129 g/mol. The summed E-state index contributed by atoms with van der Waals surface area (Å²) < 4.78 is 5.20. The molecule has 0 saturated heterocycles. The summed E-state index contributed by atoms with van der Waals surface area (Å²) in [4.78, 5) is 0. The van der Waals surface area contributed by atoms with E-state index in [1.807, 2.05) is 0 Å². The largest absolute Gasteiger partial charge is 0.380 e. The standard InChI is InChI=1S/C7H15NO/c1-3-6(9-2)7(8)4-5-7/h6H,3-5,8H2,1-2H3. The molecule has 0 radical (unpaired) electrons. The molecule has 2 heteroatoms. The lowest BCUT2D eigenvalue weighted by molar-refractivity contribution is 0.0693. The van der Waals surface area contributed by atoms with Crippen molar-refractivity contribution in [3.8, 4) is 0 Å². The monoisotopic (exact) mass is 129 g/mol. The van der Waals surface area contributed by atoms with Gasteiger partial charge in [0.2, 0.25) is 0 Å². The van der Waals surface area contributed by atoms with E-state index in [1.165, 1.54) is 0 Å². The van der Waals surface area contributed by atoms with Crippen molar-refractivity contribution in [2.24, 2.45) is 5.73 Å². The summed E-state index contributed by atoms with van der Waals surface area (Å²) >= 11 is 0. The minimum atomic E-state index is 0.0451. The van der Waals surface area contributed by atoms with Crippen molar-refractivity contribution in [3.05, 3.63) is 0 Å². The third-order valence-corrected chi connectivity index (χ3v) is 2.12. The Labute approximate surface area is 56.4 Å². The van der Waals surface area contributed by atoms with Gasteiger partial charge in [-0.3, -0.25) is 0 Å². The van der Waals surface area contributed by atoms with E-state index in [2.05, 4.69) is 6.92 Å². The fraction of sp³-hybridized carbons (Fsp3) is 1.00. The van der Waals surface area contributed by atoms with Gasteiger partial charge in [0.25, 0.3) is 0 Å². The predicted molar refractivity (Wildman–Crippen MR) is 37.2 cm³/mol. The van der Waals surface area contributed by atoms with E-state index in [0.717, 1.165) is 19.3 Å². The van der Waals surface area contributed by atoms with Gasteiger partial charge < -0.3 is 10.5 Å². The van der Waals surface area contributed by atoms with Crippen LogP contribution in [0, 0.1) is 0 Å². The van der Waals surface area contributed by atoms with Crippen LogP contribution < -0.4 is 5.73 Å². The van der Waals surface area contributed by atoms with E-state index in [-0.39, 0.29) is 11.6 Å². The first-order valence-electron chi connectivity index (χ1n) is 3.54. The molecule has 0 aromatic heterocycles. The molecule has 1 fully saturated rings. The number of nitrogens with two attached hydrogens (primary N) is 1. The SMILES string of the molecule is CCC(OC)C1(N)CC1. The molecular formula is C7H15NO. The smallest absolute Gasteiger partial charge is 0.0748 e. The highest BCUT2D eigenvalue weighted by molar-refractivity contribution is 5.04. The zero-order valence-corrected chi connectivity index (χ0v) is 6.18. The second-order valence-corrected chi connectivity index (χ2v) is 2.87. The van der Waals surface area contributed by atoms with Gasteiger partial charge in [0.1, 0.15) is 0 Å². The molecule has 0 heterocycles. The Morgan fingerprint density at radius 3 is 2.33 bits per heavy atom. The van der Waals surface area contributed by atoms with Crippen molar-refractivity contribution >= 4 is 0 Å². The summed E-state index contributed by atoms with van der Waals surface area (Å²) in [6, 6.07) is 0. The van der Waals surface area contributed by atoms with Gasteiger partial charge in [-0.15, -0.1) is 0 Å². The maximum absolute atomic E-state index is 5.89. The molecule has 1 saturated carbocycles. The average Bonchev–Trinajstić information content (AvgIpc) is 2.52. The van der Waals surface area contributed by atoms with Gasteiger partial charge in [-0.1, -0.05) is 6.92 Å². The first-order chi connectivity index (χ1) is 4.23. The van der Waals surface area contributed by atoms with Crippen molar-refractivity contribution < 1.29 is 4.74 Å². The maximum Gasteiger partial charge on any atom is 0.0748 e. The lowest BCUT2D eigenvalue weighted by atomic mass is 10.1. The summed E-state index contributed by atoms with van der Waals surface area (Å²) in [7, 11) is 1.74. The van der Waals surface area contributed by atoms with Crippen LogP contribution in [0.5, 0.6) is 0 Å². The Kier molecular flexibility index (Phi) is 1.78. The number of rotatable bonds is 3. The highest BCUT2D eigenvalue weighted by Gasteiger charge is 2.45. The van der Waals surface area contributed by atoms with E-state index in [9.17, 15) is 0 Å². The van der Waals surface area contributed by atoms with Crippen molar-refractivity contribution in [1.82, 2.24) is 0 Å². The lowest BCUT2D eigenvalue weighted by Crippen LogP contribution is -2.37. The molecular weight excluding hydrogens is 114 g/mol. The third kappa shape index (κ3) is 1.25. The van der Waals surface area contributed by atoms with E-state index in [4.69, 9.17) is 10.5 Å². The zero-order valence-electron chi connectivity index (χ0n) is 6.18. The molecule has 0 bridgehead atoms. The molecule has 2 N–H and O–H groups in total. The molecule has 0 aromatic rings. The van der Waals surface area contributed by atoms with Gasteiger partial charge in [0.15, 0.2) is 0 Å². The Morgan fingerprint density at radius 1 is 1.67 bits per heavy atom. The first-order valence-corrected chi connectivity index (χ1v) is 3.54. The predicted octanol–water partition coefficient (Wildman–Crippen LogP) is 0.903. The van der Waals surface area contributed by atoms with Gasteiger partial charge in [-0.25, -0.2) is 0 Å². The lowest BCUT2D eigenvalue weighted by Gasteiger charge is -2.19. The van der Waals surface area contributed by atoms with E-state index in [1.54, 1.807) is 7.11 Å². The fourth-order valence-corrected chi connectivity index (χ4v) is 1.27. The normalized spacial score (nSPS) is 25.7. The van der Waals surface area contributed by atoms with Crippen LogP contribution in [0.4, 0.5) is 0 Å². The van der Waals surface area contributed by atoms with E-state index < -0.39 is 0 Å². The molecule has 9 heavy (non-hydrogen) atoms. The maximum atomic E-state index is 5.89. The van der Waals surface area contributed by atoms with Crippen molar-refractivity contribution in [3.63, 3.8) is 0 Å². The Bertz CT molecular complexity index is 95.1. The molecule has 1 aliphatic rings. The Hall–Kier alpha value is -0.0800. The second kappa shape index (κ2) is 2.27. The van der Waals surface area contributed by atoms with E-state index in [0.29, 0.717) is 0 Å². The van der Waals surface area contributed by atoms with Crippen LogP contribution >= 0.6 is 0 Å². The fourth-order valence-electron chi connectivity index (χ4n) is 1.27. The quantitative estimate of drug-likeness (QED) is 0.614. The minimum Gasteiger partial charge on any atom is -0.380 e. The van der Waals surface area contributed by atoms with Gasteiger partial charge in [-0.2, -0.15) is 0 Å². The molecule has 1 aliphatic carbocycles. The number of hydrogen-bond acceptors (Lipinski definition) is 2. The van der Waals surface area contributed by atoms with Gasteiger partial charge >= 0.3 is 0 Å². The molecule has 0 amide bonds. The topological polar surface area (TPSA) is 35.2 Å². The molecule has 54 valence electrons. The molecule has 2 nitrogen and oxygen atoms in total. The third-order valence-electron chi connectivity index (χ3n) is 2.12. The van der Waals surface area contributed by atoms with Crippen molar-refractivity contribution in [2.75, 3.05) is 7.11 Å². The summed E-state index contributed by atoms with van der Waals surface area (Å²) in [6.45, 7) is 2.11. The first kappa shape index (κ1) is 7.03. The van der Waals surface area contributed by atoms with Crippen LogP contribution in [0.25, 0.3) is 0 Å². The Balaban J connectivity index is 2.37.